The predicted octanol–water partition coefficient (Wildman–Crippen LogP) is 4.45. The molecule has 6 rings (SSSR count). The first-order valence-corrected chi connectivity index (χ1v) is 10.9. The molecule has 4 heterocycles. The van der Waals surface area contributed by atoms with Crippen LogP contribution in [0.4, 0.5) is 5.13 Å². The van der Waals surface area contributed by atoms with E-state index in [1.165, 1.54) is 22.5 Å². The fourth-order valence-electron chi connectivity index (χ4n) is 4.20. The third-order valence-corrected chi connectivity index (χ3v) is 6.74. The topological polar surface area (TPSA) is 92.9 Å². The Morgan fingerprint density at radius 3 is 2.81 bits per heavy atom. The molecule has 1 atom stereocenters. The monoisotopic (exact) mass is 444 g/mol. The molecular formula is C24H16N2O5S. The SMILES string of the molecule is O=C1C(=O)N(c2nc3ccccc3s2)C(c2ccco2)/C1=C(\O)c1ccc2c(c1)CCO2. The van der Waals surface area contributed by atoms with E-state index in [9.17, 15) is 14.7 Å². The highest BCUT2D eigenvalue weighted by Gasteiger charge is 2.49. The average molecular weight is 444 g/mol. The highest BCUT2D eigenvalue weighted by molar-refractivity contribution is 7.22. The molecule has 1 N–H and O–H groups in total. The van der Waals surface area contributed by atoms with Crippen molar-refractivity contribution in [2.24, 2.45) is 0 Å². The highest BCUT2D eigenvalue weighted by atomic mass is 32.1. The minimum absolute atomic E-state index is 0.0249. The zero-order valence-corrected chi connectivity index (χ0v) is 17.5. The second kappa shape index (κ2) is 7.06. The molecule has 0 aliphatic carbocycles. The van der Waals surface area contributed by atoms with E-state index in [1.807, 2.05) is 24.3 Å². The number of benzene rings is 2. The molecule has 1 amide bonds. The third kappa shape index (κ3) is 2.76. The van der Waals surface area contributed by atoms with Crippen molar-refractivity contribution in [2.75, 3.05) is 11.5 Å². The number of aromatic nitrogens is 1. The smallest absolute Gasteiger partial charge is 0.302 e. The lowest BCUT2D eigenvalue weighted by atomic mass is 9.98. The van der Waals surface area contributed by atoms with Crippen LogP contribution in [0.5, 0.6) is 5.75 Å². The Morgan fingerprint density at radius 1 is 1.12 bits per heavy atom. The number of carbonyl (C=O) groups excluding carboxylic acids is 2. The van der Waals surface area contributed by atoms with Crippen molar-refractivity contribution in [3.05, 3.63) is 83.3 Å². The Balaban J connectivity index is 1.54. The van der Waals surface area contributed by atoms with E-state index in [0.29, 0.717) is 23.1 Å². The van der Waals surface area contributed by atoms with Crippen LogP contribution in [0.25, 0.3) is 16.0 Å². The fraction of sp³-hybridized carbons (Fsp3) is 0.125. The largest absolute Gasteiger partial charge is 0.507 e. The van der Waals surface area contributed by atoms with Gasteiger partial charge in [-0.3, -0.25) is 14.5 Å². The number of fused-ring (bicyclic) bond motifs is 2. The van der Waals surface area contributed by atoms with Gasteiger partial charge in [0.25, 0.3) is 5.78 Å². The molecule has 1 fully saturated rings. The summed E-state index contributed by atoms with van der Waals surface area (Å²) in [6.45, 7) is 0.577. The van der Waals surface area contributed by atoms with E-state index in [-0.39, 0.29) is 11.3 Å². The first kappa shape index (κ1) is 18.8. The molecule has 32 heavy (non-hydrogen) atoms. The number of rotatable bonds is 3. The molecule has 2 aromatic carbocycles. The van der Waals surface area contributed by atoms with Crippen molar-refractivity contribution in [3.8, 4) is 5.75 Å². The fourth-order valence-corrected chi connectivity index (χ4v) is 5.19. The van der Waals surface area contributed by atoms with Crippen LogP contribution in [0.3, 0.4) is 0 Å². The first-order chi connectivity index (χ1) is 15.6. The van der Waals surface area contributed by atoms with Crippen LogP contribution < -0.4 is 9.64 Å². The quantitative estimate of drug-likeness (QED) is 0.285. The second-order valence-corrected chi connectivity index (χ2v) is 8.58. The normalized spacial score (nSPS) is 19.5. The maximum Gasteiger partial charge on any atom is 0.302 e. The van der Waals surface area contributed by atoms with E-state index < -0.39 is 17.7 Å². The van der Waals surface area contributed by atoms with Crippen LogP contribution in [0.2, 0.25) is 0 Å². The lowest BCUT2D eigenvalue weighted by molar-refractivity contribution is -0.132. The number of ketones is 1. The molecule has 0 radical (unpaired) electrons. The maximum absolute atomic E-state index is 13.2. The predicted molar refractivity (Wildman–Crippen MR) is 119 cm³/mol. The zero-order valence-electron chi connectivity index (χ0n) is 16.6. The number of aliphatic hydroxyl groups excluding tert-OH is 1. The summed E-state index contributed by atoms with van der Waals surface area (Å²) in [5.41, 5.74) is 2.10. The van der Waals surface area contributed by atoms with Crippen LogP contribution in [-0.4, -0.2) is 28.4 Å². The number of para-hydroxylation sites is 1. The molecule has 7 nitrogen and oxygen atoms in total. The van der Waals surface area contributed by atoms with Crippen LogP contribution in [0, 0.1) is 0 Å². The Kier molecular flexibility index (Phi) is 4.16. The first-order valence-electron chi connectivity index (χ1n) is 10.1. The molecule has 1 saturated heterocycles. The van der Waals surface area contributed by atoms with Gasteiger partial charge in [0.05, 0.1) is 28.7 Å². The van der Waals surface area contributed by atoms with Gasteiger partial charge in [0.2, 0.25) is 0 Å². The summed E-state index contributed by atoms with van der Waals surface area (Å²) in [7, 11) is 0. The molecule has 1 unspecified atom stereocenters. The van der Waals surface area contributed by atoms with Crippen molar-refractivity contribution < 1.29 is 23.8 Å². The van der Waals surface area contributed by atoms with Crippen molar-refractivity contribution in [3.63, 3.8) is 0 Å². The number of aliphatic hydroxyl groups is 1. The average Bonchev–Trinajstić information content (AvgIpc) is 3.59. The molecule has 0 spiro atoms. The van der Waals surface area contributed by atoms with Crippen molar-refractivity contribution in [1.82, 2.24) is 4.98 Å². The lowest BCUT2D eigenvalue weighted by Gasteiger charge is -2.20. The van der Waals surface area contributed by atoms with Gasteiger partial charge in [0, 0.05) is 12.0 Å². The van der Waals surface area contributed by atoms with Crippen LogP contribution >= 0.6 is 11.3 Å². The number of Topliss-reactive ketones (excluding diaryl/α,β-unsaturated/α-hetero) is 1. The minimum atomic E-state index is -0.921. The summed E-state index contributed by atoms with van der Waals surface area (Å²) in [6, 6.07) is 15.2. The summed E-state index contributed by atoms with van der Waals surface area (Å²) in [4.78, 5) is 32.2. The molecule has 0 saturated carbocycles. The summed E-state index contributed by atoms with van der Waals surface area (Å²) >= 11 is 1.31. The lowest BCUT2D eigenvalue weighted by Crippen LogP contribution is -2.29. The van der Waals surface area contributed by atoms with Crippen LogP contribution in [0.15, 0.2) is 70.9 Å². The van der Waals surface area contributed by atoms with Gasteiger partial charge in [-0.2, -0.15) is 0 Å². The van der Waals surface area contributed by atoms with Gasteiger partial charge in [0.15, 0.2) is 5.13 Å². The number of ether oxygens (including phenoxy) is 1. The number of anilines is 1. The second-order valence-electron chi connectivity index (χ2n) is 7.57. The molecule has 0 bridgehead atoms. The third-order valence-electron chi connectivity index (χ3n) is 5.71. The van der Waals surface area contributed by atoms with Gasteiger partial charge in [-0.05, 0) is 48.0 Å². The van der Waals surface area contributed by atoms with E-state index in [0.717, 1.165) is 28.0 Å². The molecule has 2 aliphatic heterocycles. The summed E-state index contributed by atoms with van der Waals surface area (Å²) in [6.07, 6.45) is 2.19. The molecule has 158 valence electrons. The Labute approximate surface area is 186 Å². The van der Waals surface area contributed by atoms with Crippen LogP contribution in [-0.2, 0) is 16.0 Å². The van der Waals surface area contributed by atoms with Crippen molar-refractivity contribution >= 4 is 44.1 Å². The van der Waals surface area contributed by atoms with Gasteiger partial charge in [-0.25, -0.2) is 4.98 Å². The number of amides is 1. The Bertz CT molecular complexity index is 1390. The van der Waals surface area contributed by atoms with E-state index in [4.69, 9.17) is 9.15 Å². The Hall–Kier alpha value is -3.91. The summed E-state index contributed by atoms with van der Waals surface area (Å²) in [5.74, 6) is -0.645. The molecular weight excluding hydrogens is 428 g/mol. The maximum atomic E-state index is 13.2. The highest BCUT2D eigenvalue weighted by Crippen LogP contribution is 2.44. The molecule has 4 aromatic rings. The van der Waals surface area contributed by atoms with Gasteiger partial charge >= 0.3 is 5.91 Å². The van der Waals surface area contributed by atoms with Gasteiger partial charge in [0.1, 0.15) is 23.3 Å². The van der Waals surface area contributed by atoms with Gasteiger partial charge in [-0.15, -0.1) is 0 Å². The number of thiazole rings is 1. The standard InChI is InChI=1S/C24H16N2O5S/c27-21(14-7-8-16-13(12-14)9-11-31-16)19-20(17-5-3-10-30-17)26(23(29)22(19)28)24-25-15-4-1-2-6-18(15)32-24/h1-8,10,12,20,27H,9,11H2/b21-19+. The van der Waals surface area contributed by atoms with Crippen LogP contribution in [0.1, 0.15) is 22.9 Å². The molecule has 2 aliphatic rings. The number of hydrogen-bond acceptors (Lipinski definition) is 7. The molecule has 2 aromatic heterocycles. The number of hydrogen-bond donors (Lipinski definition) is 1. The Morgan fingerprint density at radius 2 is 2.00 bits per heavy atom. The zero-order chi connectivity index (χ0) is 21.8. The molecule has 8 heteroatoms. The number of carbonyl (C=O) groups is 2. The minimum Gasteiger partial charge on any atom is -0.507 e. The summed E-state index contributed by atoms with van der Waals surface area (Å²) in [5, 5.41) is 11.6. The van der Waals surface area contributed by atoms with E-state index >= 15 is 0 Å². The van der Waals surface area contributed by atoms with E-state index in [2.05, 4.69) is 4.98 Å². The van der Waals surface area contributed by atoms with Gasteiger partial charge in [-0.1, -0.05) is 23.5 Å². The van der Waals surface area contributed by atoms with Crippen molar-refractivity contribution in [1.29, 1.82) is 0 Å². The number of nitrogens with zero attached hydrogens (tertiary/aromatic N) is 2. The number of furan rings is 1. The van der Waals surface area contributed by atoms with Gasteiger partial charge < -0.3 is 14.3 Å². The van der Waals surface area contributed by atoms with E-state index in [1.54, 1.807) is 30.3 Å². The summed E-state index contributed by atoms with van der Waals surface area (Å²) < 4.78 is 12.0. The van der Waals surface area contributed by atoms with Crippen molar-refractivity contribution in [2.45, 2.75) is 12.5 Å².